The highest BCUT2D eigenvalue weighted by atomic mass is 79.9. The van der Waals surface area contributed by atoms with Crippen molar-refractivity contribution in [2.45, 2.75) is 39.5 Å². The molecule has 15 heavy (non-hydrogen) atoms. The van der Waals surface area contributed by atoms with Crippen molar-refractivity contribution in [3.63, 3.8) is 0 Å². The number of allylic oxidation sites excluding steroid dienone is 1. The largest absolute Gasteiger partial charge is 0.0683 e. The van der Waals surface area contributed by atoms with Crippen molar-refractivity contribution >= 4 is 22.0 Å². The maximum Gasteiger partial charge on any atom is 0.0219 e. The smallest absolute Gasteiger partial charge is 0.0219 e. The Bertz CT molecular complexity index is 433. The molecule has 0 amide bonds. The van der Waals surface area contributed by atoms with E-state index in [2.05, 4.69) is 61.8 Å². The first-order chi connectivity index (χ1) is 6.88. The minimum Gasteiger partial charge on any atom is -0.0683 e. The quantitative estimate of drug-likeness (QED) is 0.637. The van der Waals surface area contributed by atoms with Crippen molar-refractivity contribution < 1.29 is 0 Å². The summed E-state index contributed by atoms with van der Waals surface area (Å²) >= 11 is 3.68. The van der Waals surface area contributed by atoms with Gasteiger partial charge in [0.15, 0.2) is 0 Å². The maximum absolute atomic E-state index is 3.68. The molecule has 0 fully saturated rings. The fourth-order valence-electron chi connectivity index (χ4n) is 2.00. The van der Waals surface area contributed by atoms with Gasteiger partial charge in [0, 0.05) is 4.47 Å². The van der Waals surface area contributed by atoms with E-state index in [1.54, 1.807) is 0 Å². The molecule has 0 saturated heterocycles. The first-order valence-corrected chi connectivity index (χ1v) is 6.17. The Kier molecular flexibility index (Phi) is 2.54. The molecule has 1 heteroatoms. The van der Waals surface area contributed by atoms with Gasteiger partial charge >= 0.3 is 0 Å². The first kappa shape index (κ1) is 10.9. The second-order valence-electron chi connectivity index (χ2n) is 5.44. The van der Waals surface area contributed by atoms with Gasteiger partial charge in [-0.05, 0) is 41.5 Å². The lowest BCUT2D eigenvalue weighted by Crippen LogP contribution is -2.11. The van der Waals surface area contributed by atoms with Gasteiger partial charge in [0.05, 0.1) is 0 Å². The Morgan fingerprint density at radius 3 is 2.47 bits per heavy atom. The van der Waals surface area contributed by atoms with E-state index in [1.807, 2.05) is 0 Å². The van der Waals surface area contributed by atoms with Gasteiger partial charge in [0.25, 0.3) is 0 Å². The van der Waals surface area contributed by atoms with Crippen molar-refractivity contribution in [3.05, 3.63) is 38.9 Å². The van der Waals surface area contributed by atoms with Crippen molar-refractivity contribution in [2.24, 2.45) is 0 Å². The van der Waals surface area contributed by atoms with Crippen LogP contribution in [0.1, 0.15) is 44.4 Å². The van der Waals surface area contributed by atoms with Crippen LogP contribution in [0.3, 0.4) is 0 Å². The highest BCUT2D eigenvalue weighted by Crippen LogP contribution is 2.35. The monoisotopic (exact) mass is 264 g/mol. The summed E-state index contributed by atoms with van der Waals surface area (Å²) in [6.07, 6.45) is 3.40. The summed E-state index contributed by atoms with van der Waals surface area (Å²) < 4.78 is 1.26. The summed E-state index contributed by atoms with van der Waals surface area (Å²) in [5, 5.41) is 0. The Morgan fingerprint density at radius 2 is 1.87 bits per heavy atom. The van der Waals surface area contributed by atoms with Crippen LogP contribution in [0, 0.1) is 0 Å². The third kappa shape index (κ3) is 2.03. The standard InChI is InChI=1S/C14H17Br/c1-9-5-10-7-11(14(2,3)4)8-13(15)12(10)6-9/h5,7-8H,6H2,1-4H3. The van der Waals surface area contributed by atoms with Gasteiger partial charge < -0.3 is 0 Å². The zero-order valence-corrected chi connectivity index (χ0v) is 11.4. The van der Waals surface area contributed by atoms with Gasteiger partial charge in [0.1, 0.15) is 0 Å². The van der Waals surface area contributed by atoms with Gasteiger partial charge in [-0.3, -0.25) is 0 Å². The number of fused-ring (bicyclic) bond motifs is 1. The Labute approximate surface area is 101 Å². The highest BCUT2D eigenvalue weighted by molar-refractivity contribution is 9.10. The zero-order valence-electron chi connectivity index (χ0n) is 9.82. The molecule has 80 valence electrons. The molecule has 0 unspecified atom stereocenters. The second kappa shape index (κ2) is 3.48. The molecule has 0 bridgehead atoms. The van der Waals surface area contributed by atoms with E-state index in [4.69, 9.17) is 0 Å². The minimum absolute atomic E-state index is 0.224. The van der Waals surface area contributed by atoms with Gasteiger partial charge in [-0.2, -0.15) is 0 Å². The fraction of sp³-hybridized carbons (Fsp3) is 0.429. The molecular formula is C14H17Br. The average molecular weight is 265 g/mol. The van der Waals surface area contributed by atoms with E-state index < -0.39 is 0 Å². The Hall–Kier alpha value is -0.560. The summed E-state index contributed by atoms with van der Waals surface area (Å²) in [6.45, 7) is 8.97. The molecule has 0 spiro atoms. The highest BCUT2D eigenvalue weighted by Gasteiger charge is 2.19. The van der Waals surface area contributed by atoms with Crippen LogP contribution < -0.4 is 0 Å². The van der Waals surface area contributed by atoms with E-state index in [1.165, 1.54) is 26.7 Å². The molecule has 0 aromatic heterocycles. The lowest BCUT2D eigenvalue weighted by molar-refractivity contribution is 0.589. The van der Waals surface area contributed by atoms with Crippen LogP contribution in [0.15, 0.2) is 22.2 Å². The number of halogens is 1. The van der Waals surface area contributed by atoms with Gasteiger partial charge in [-0.1, -0.05) is 54.4 Å². The molecule has 0 radical (unpaired) electrons. The molecule has 0 N–H and O–H groups in total. The van der Waals surface area contributed by atoms with Crippen LogP contribution in [0.2, 0.25) is 0 Å². The molecule has 0 aliphatic heterocycles. The molecule has 0 nitrogen and oxygen atoms in total. The summed E-state index contributed by atoms with van der Waals surface area (Å²) in [4.78, 5) is 0. The topological polar surface area (TPSA) is 0 Å². The SMILES string of the molecule is CC1=Cc2cc(C(C)(C)C)cc(Br)c2C1. The van der Waals surface area contributed by atoms with Gasteiger partial charge in [0.2, 0.25) is 0 Å². The van der Waals surface area contributed by atoms with Crippen LogP contribution in [0.25, 0.3) is 6.08 Å². The Balaban J connectivity index is 2.56. The van der Waals surface area contributed by atoms with Crippen molar-refractivity contribution in [2.75, 3.05) is 0 Å². The number of benzene rings is 1. The van der Waals surface area contributed by atoms with Crippen LogP contribution in [-0.2, 0) is 11.8 Å². The molecule has 1 aromatic rings. The van der Waals surface area contributed by atoms with Crippen LogP contribution in [0.4, 0.5) is 0 Å². The van der Waals surface area contributed by atoms with Crippen molar-refractivity contribution in [1.82, 2.24) is 0 Å². The van der Waals surface area contributed by atoms with E-state index in [9.17, 15) is 0 Å². The molecule has 1 aliphatic rings. The Morgan fingerprint density at radius 1 is 1.20 bits per heavy atom. The predicted octanol–water partition coefficient (Wildman–Crippen LogP) is 4.71. The summed E-state index contributed by atoms with van der Waals surface area (Å²) in [5.41, 5.74) is 5.92. The molecule has 1 aromatic carbocycles. The zero-order chi connectivity index (χ0) is 11.2. The molecule has 1 aliphatic carbocycles. The van der Waals surface area contributed by atoms with Gasteiger partial charge in [-0.15, -0.1) is 0 Å². The minimum atomic E-state index is 0.224. The first-order valence-electron chi connectivity index (χ1n) is 5.38. The van der Waals surface area contributed by atoms with E-state index in [0.717, 1.165) is 6.42 Å². The predicted molar refractivity (Wildman–Crippen MR) is 70.2 cm³/mol. The van der Waals surface area contributed by atoms with Gasteiger partial charge in [-0.25, -0.2) is 0 Å². The normalized spacial score (nSPS) is 15.1. The fourth-order valence-corrected chi connectivity index (χ4v) is 2.62. The van der Waals surface area contributed by atoms with E-state index >= 15 is 0 Å². The number of hydrogen-bond acceptors (Lipinski definition) is 0. The molecule has 2 rings (SSSR count). The molecule has 0 atom stereocenters. The van der Waals surface area contributed by atoms with E-state index in [-0.39, 0.29) is 5.41 Å². The number of rotatable bonds is 0. The average Bonchev–Trinajstić information content (AvgIpc) is 2.44. The molecular weight excluding hydrogens is 248 g/mol. The third-order valence-electron chi connectivity index (χ3n) is 2.95. The molecule has 0 saturated carbocycles. The van der Waals surface area contributed by atoms with Crippen molar-refractivity contribution in [3.8, 4) is 0 Å². The van der Waals surface area contributed by atoms with Crippen LogP contribution in [0.5, 0.6) is 0 Å². The second-order valence-corrected chi connectivity index (χ2v) is 6.30. The molecule has 0 heterocycles. The lowest BCUT2D eigenvalue weighted by atomic mass is 9.85. The maximum atomic E-state index is 3.68. The van der Waals surface area contributed by atoms with Crippen molar-refractivity contribution in [1.29, 1.82) is 0 Å². The summed E-state index contributed by atoms with van der Waals surface area (Å²) in [7, 11) is 0. The van der Waals surface area contributed by atoms with Crippen LogP contribution in [-0.4, -0.2) is 0 Å². The third-order valence-corrected chi connectivity index (χ3v) is 3.66. The summed E-state index contributed by atoms with van der Waals surface area (Å²) in [5.74, 6) is 0. The summed E-state index contributed by atoms with van der Waals surface area (Å²) in [6, 6.07) is 4.60. The van der Waals surface area contributed by atoms with Crippen LogP contribution >= 0.6 is 15.9 Å². The number of hydrogen-bond donors (Lipinski definition) is 0. The lowest BCUT2D eigenvalue weighted by Gasteiger charge is -2.20. The van der Waals surface area contributed by atoms with E-state index in [0.29, 0.717) is 0 Å².